The summed E-state index contributed by atoms with van der Waals surface area (Å²) in [7, 11) is 0. The highest BCUT2D eigenvalue weighted by molar-refractivity contribution is 7.22. The Balaban J connectivity index is 1.48. The highest BCUT2D eigenvalue weighted by Crippen LogP contribution is 2.34. The van der Waals surface area contributed by atoms with E-state index < -0.39 is 6.36 Å². The fourth-order valence-corrected chi connectivity index (χ4v) is 4.97. The monoisotopic (exact) mass is 490 g/mol. The summed E-state index contributed by atoms with van der Waals surface area (Å²) < 4.78 is 47.9. The normalized spacial score (nSPS) is 15.1. The van der Waals surface area contributed by atoms with Gasteiger partial charge in [0.1, 0.15) is 5.75 Å². The van der Waals surface area contributed by atoms with E-state index in [0.717, 1.165) is 35.3 Å². The van der Waals surface area contributed by atoms with Crippen molar-refractivity contribution in [3.8, 4) is 5.75 Å². The summed E-state index contributed by atoms with van der Waals surface area (Å²) in [6.45, 7) is 3.82. The summed E-state index contributed by atoms with van der Waals surface area (Å²) in [6, 6.07) is 11.5. The second kappa shape index (κ2) is 9.24. The predicted octanol–water partition coefficient (Wildman–Crippen LogP) is 4.66. The molecule has 1 fully saturated rings. The van der Waals surface area contributed by atoms with Gasteiger partial charge in [-0.25, -0.2) is 4.98 Å². The molecule has 2 aromatic carbocycles. The molecule has 0 radical (unpaired) electrons. The molecule has 178 valence electrons. The molecule has 0 bridgehead atoms. The molecule has 0 unspecified atom stereocenters. The Bertz CT molecular complexity index is 1310. The SMILES string of the molecule is O=C(c1c[nH]c2ccccc12)N(CCN1CCOCC1)c1nc2ccc(OC(F)(F)F)cc2s1. The van der Waals surface area contributed by atoms with Crippen LogP contribution < -0.4 is 9.64 Å². The first-order chi connectivity index (χ1) is 16.4. The lowest BCUT2D eigenvalue weighted by atomic mass is 10.1. The van der Waals surface area contributed by atoms with Crippen LogP contribution in [0.5, 0.6) is 5.75 Å². The van der Waals surface area contributed by atoms with Gasteiger partial charge in [0.2, 0.25) is 0 Å². The molecule has 1 N–H and O–H groups in total. The first-order valence-electron chi connectivity index (χ1n) is 10.7. The number of nitrogens with zero attached hydrogens (tertiary/aromatic N) is 3. The zero-order valence-electron chi connectivity index (χ0n) is 18.0. The van der Waals surface area contributed by atoms with Gasteiger partial charge in [-0.1, -0.05) is 29.5 Å². The molecular formula is C23H21F3N4O3S. The standard InChI is InChI=1S/C23H21F3N4O3S/c24-23(25,26)33-15-5-6-19-20(13-15)34-22(28-19)30(8-7-29-9-11-32-12-10-29)21(31)17-14-27-18-4-2-1-3-16(17)18/h1-6,13-14,27H,7-12H2. The number of amides is 1. The fraction of sp³-hybridized carbons (Fsp3) is 0.304. The Morgan fingerprint density at radius 3 is 2.79 bits per heavy atom. The number of aromatic nitrogens is 2. The zero-order valence-corrected chi connectivity index (χ0v) is 18.8. The minimum absolute atomic E-state index is 0.225. The number of H-pyrrole nitrogens is 1. The molecule has 34 heavy (non-hydrogen) atoms. The minimum Gasteiger partial charge on any atom is -0.406 e. The summed E-state index contributed by atoms with van der Waals surface area (Å²) in [4.78, 5) is 25.2. The van der Waals surface area contributed by atoms with Gasteiger partial charge in [0, 0.05) is 49.3 Å². The van der Waals surface area contributed by atoms with Crippen molar-refractivity contribution in [3.63, 3.8) is 0 Å². The van der Waals surface area contributed by atoms with E-state index in [2.05, 4.69) is 19.6 Å². The number of hydrogen-bond donors (Lipinski definition) is 1. The van der Waals surface area contributed by atoms with Gasteiger partial charge < -0.3 is 14.5 Å². The van der Waals surface area contributed by atoms with Crippen LogP contribution in [0.3, 0.4) is 0 Å². The van der Waals surface area contributed by atoms with Crippen molar-refractivity contribution in [1.82, 2.24) is 14.9 Å². The molecule has 1 aliphatic rings. The number of nitrogens with one attached hydrogen (secondary N) is 1. The molecule has 1 aliphatic heterocycles. The van der Waals surface area contributed by atoms with Crippen molar-refractivity contribution in [3.05, 3.63) is 54.2 Å². The van der Waals surface area contributed by atoms with Gasteiger partial charge in [-0.3, -0.25) is 14.6 Å². The molecule has 5 rings (SSSR count). The number of benzene rings is 2. The molecule has 0 atom stereocenters. The van der Waals surface area contributed by atoms with Crippen molar-refractivity contribution in [2.75, 3.05) is 44.3 Å². The number of thiazole rings is 1. The van der Waals surface area contributed by atoms with E-state index >= 15 is 0 Å². The molecule has 1 saturated heterocycles. The second-order valence-corrected chi connectivity index (χ2v) is 8.84. The van der Waals surface area contributed by atoms with Crippen molar-refractivity contribution >= 4 is 43.5 Å². The van der Waals surface area contributed by atoms with Crippen LogP contribution in [0.15, 0.2) is 48.7 Å². The smallest absolute Gasteiger partial charge is 0.406 e. The number of morpholine rings is 1. The quantitative estimate of drug-likeness (QED) is 0.426. The largest absolute Gasteiger partial charge is 0.573 e. The van der Waals surface area contributed by atoms with E-state index in [-0.39, 0.29) is 11.7 Å². The van der Waals surface area contributed by atoms with Gasteiger partial charge >= 0.3 is 6.36 Å². The van der Waals surface area contributed by atoms with Crippen LogP contribution in [-0.4, -0.2) is 66.5 Å². The number of para-hydroxylation sites is 1. The van der Waals surface area contributed by atoms with Crippen LogP contribution >= 0.6 is 11.3 Å². The zero-order chi connectivity index (χ0) is 23.7. The van der Waals surface area contributed by atoms with E-state index in [4.69, 9.17) is 4.74 Å². The molecule has 4 aromatic rings. The maximum Gasteiger partial charge on any atom is 0.573 e. The molecule has 11 heteroatoms. The number of carbonyl (C=O) groups excluding carboxylic acids is 1. The molecule has 1 amide bonds. The third kappa shape index (κ3) is 4.86. The molecule has 0 aliphatic carbocycles. The predicted molar refractivity (Wildman–Crippen MR) is 124 cm³/mol. The average Bonchev–Trinajstić information content (AvgIpc) is 3.42. The van der Waals surface area contributed by atoms with E-state index in [1.54, 1.807) is 11.1 Å². The Morgan fingerprint density at radius 2 is 2.00 bits per heavy atom. The lowest BCUT2D eigenvalue weighted by Gasteiger charge is -2.29. The van der Waals surface area contributed by atoms with Crippen molar-refractivity contribution in [2.45, 2.75) is 6.36 Å². The van der Waals surface area contributed by atoms with Gasteiger partial charge in [-0.15, -0.1) is 13.2 Å². The van der Waals surface area contributed by atoms with Crippen LogP contribution in [0.4, 0.5) is 18.3 Å². The lowest BCUT2D eigenvalue weighted by molar-refractivity contribution is -0.274. The van der Waals surface area contributed by atoms with E-state index in [1.165, 1.54) is 18.2 Å². The number of ether oxygens (including phenoxy) is 2. The second-order valence-electron chi connectivity index (χ2n) is 7.83. The third-order valence-corrected chi connectivity index (χ3v) is 6.66. The first kappa shape index (κ1) is 22.6. The van der Waals surface area contributed by atoms with Crippen LogP contribution in [0, 0.1) is 0 Å². The molecular weight excluding hydrogens is 469 g/mol. The lowest BCUT2D eigenvalue weighted by Crippen LogP contribution is -2.43. The summed E-state index contributed by atoms with van der Waals surface area (Å²) in [5, 5.41) is 1.22. The number of fused-ring (bicyclic) bond motifs is 2. The van der Waals surface area contributed by atoms with Crippen molar-refractivity contribution in [2.24, 2.45) is 0 Å². The van der Waals surface area contributed by atoms with Gasteiger partial charge in [0.05, 0.1) is 29.0 Å². The summed E-state index contributed by atoms with van der Waals surface area (Å²) in [6.07, 6.45) is -3.10. The number of halogens is 3. The van der Waals surface area contributed by atoms with Crippen molar-refractivity contribution in [1.29, 1.82) is 0 Å². The number of rotatable bonds is 6. The van der Waals surface area contributed by atoms with Crippen LogP contribution in [0.2, 0.25) is 0 Å². The average molecular weight is 491 g/mol. The number of hydrogen-bond acceptors (Lipinski definition) is 6. The Hall–Kier alpha value is -3.15. The van der Waals surface area contributed by atoms with E-state index in [0.29, 0.717) is 47.2 Å². The van der Waals surface area contributed by atoms with Gasteiger partial charge in [-0.05, 0) is 18.2 Å². The first-order valence-corrected chi connectivity index (χ1v) is 11.5. The topological polar surface area (TPSA) is 70.7 Å². The third-order valence-electron chi connectivity index (χ3n) is 5.62. The maximum atomic E-state index is 13.7. The van der Waals surface area contributed by atoms with Gasteiger partial charge in [0.25, 0.3) is 5.91 Å². The van der Waals surface area contributed by atoms with Crippen LogP contribution in [-0.2, 0) is 4.74 Å². The summed E-state index contributed by atoms with van der Waals surface area (Å²) in [5.74, 6) is -0.547. The summed E-state index contributed by atoms with van der Waals surface area (Å²) >= 11 is 1.16. The highest BCUT2D eigenvalue weighted by Gasteiger charge is 2.31. The van der Waals surface area contributed by atoms with Gasteiger partial charge in [0.15, 0.2) is 5.13 Å². The molecule has 0 spiro atoms. The van der Waals surface area contributed by atoms with Crippen LogP contribution in [0.25, 0.3) is 21.1 Å². The Kier molecular flexibility index (Phi) is 6.15. The number of carbonyl (C=O) groups is 1. The van der Waals surface area contributed by atoms with Crippen LogP contribution in [0.1, 0.15) is 10.4 Å². The molecule has 2 aromatic heterocycles. The Morgan fingerprint density at radius 1 is 1.21 bits per heavy atom. The highest BCUT2D eigenvalue weighted by atomic mass is 32.1. The van der Waals surface area contributed by atoms with Crippen molar-refractivity contribution < 1.29 is 27.4 Å². The fourth-order valence-electron chi connectivity index (χ4n) is 3.95. The molecule has 0 saturated carbocycles. The number of aromatic amines is 1. The number of alkyl halides is 3. The summed E-state index contributed by atoms with van der Waals surface area (Å²) in [5.41, 5.74) is 1.85. The minimum atomic E-state index is -4.78. The van der Waals surface area contributed by atoms with Gasteiger partial charge in [-0.2, -0.15) is 0 Å². The van der Waals surface area contributed by atoms with E-state index in [9.17, 15) is 18.0 Å². The Labute approximate surface area is 196 Å². The molecule has 3 heterocycles. The maximum absolute atomic E-state index is 13.7. The number of anilines is 1. The molecule has 7 nitrogen and oxygen atoms in total. The van der Waals surface area contributed by atoms with E-state index in [1.807, 2.05) is 24.3 Å².